The van der Waals surface area contributed by atoms with Gasteiger partial charge in [-0.3, -0.25) is 9.59 Å². The first-order valence-corrected chi connectivity index (χ1v) is 26.4. The van der Waals surface area contributed by atoms with E-state index in [1.165, 1.54) is 29.5 Å². The molecular formula is C53H69F2N7O3Si. The Labute approximate surface area is 392 Å². The molecule has 0 spiro atoms. The summed E-state index contributed by atoms with van der Waals surface area (Å²) in [5.74, 6) is 0.341. The Morgan fingerprint density at radius 1 is 0.909 bits per heavy atom. The van der Waals surface area contributed by atoms with Crippen molar-refractivity contribution < 1.29 is 22.8 Å². The van der Waals surface area contributed by atoms with E-state index in [9.17, 15) is 14.0 Å². The molecule has 0 radical (unpaired) electrons. The average Bonchev–Trinajstić information content (AvgIpc) is 4.02. The standard InChI is InChI=1S/C53H69F2N7O3Si/c1-33(2)66(34(3)4,35(5)6)65-45-18-16-42(17-19-45)62(49-27-43(29-56)61(37(49)8)53(54)55)52(64)46-28-50(58(9)36(46)7)47-25-39-20-21-57-30-41(39)26-48(47)51(63)60-31-40-15-11-10-14-38(40)24-44(60)32-59-22-12-13-23-59/h10-11,14-19,25-26,28,33-35,37,43-44,49,53,57H,12-13,20-24,27,30-32H2,1-9H3/t37?,43?,44-,49?/m0/s1. The summed E-state index contributed by atoms with van der Waals surface area (Å²) in [5, 5.41) is 13.6. The predicted molar refractivity (Wildman–Crippen MR) is 261 cm³/mol. The Kier molecular flexibility index (Phi) is 14.0. The second-order valence-corrected chi connectivity index (χ2v) is 25.6. The molecule has 4 aromatic rings. The molecule has 2 amide bonds. The summed E-state index contributed by atoms with van der Waals surface area (Å²) in [7, 11) is -0.379. The molecule has 4 atom stereocenters. The molecule has 4 aliphatic heterocycles. The van der Waals surface area contributed by atoms with E-state index in [0.717, 1.165) is 66.5 Å². The molecule has 4 aliphatic rings. The fraction of sp³-hybridized carbons (Fsp3) is 0.528. The number of nitrogens with one attached hydrogen (secondary N) is 1. The van der Waals surface area contributed by atoms with Gasteiger partial charge in [0, 0.05) is 67.0 Å². The molecule has 352 valence electrons. The van der Waals surface area contributed by atoms with Gasteiger partial charge in [0.05, 0.1) is 17.7 Å². The van der Waals surface area contributed by atoms with Crippen molar-refractivity contribution >= 4 is 25.8 Å². The second-order valence-electron chi connectivity index (χ2n) is 20.3. The number of likely N-dealkylation sites (tertiary alicyclic amines) is 2. The van der Waals surface area contributed by atoms with E-state index in [1.54, 1.807) is 11.8 Å². The molecule has 0 saturated carbocycles. The third-order valence-electron chi connectivity index (χ3n) is 15.7. The molecule has 10 nitrogen and oxygen atoms in total. The number of amides is 2. The molecule has 2 saturated heterocycles. The normalized spacial score (nSPS) is 21.5. The van der Waals surface area contributed by atoms with Crippen LogP contribution in [-0.2, 0) is 33.0 Å². The summed E-state index contributed by atoms with van der Waals surface area (Å²) >= 11 is 0. The molecule has 8 rings (SSSR count). The van der Waals surface area contributed by atoms with Gasteiger partial charge in [0.15, 0.2) is 0 Å². The highest BCUT2D eigenvalue weighted by atomic mass is 28.4. The van der Waals surface area contributed by atoms with Gasteiger partial charge in [-0.05, 0) is 147 Å². The molecule has 1 N–H and O–H groups in total. The van der Waals surface area contributed by atoms with E-state index < -0.39 is 33.0 Å². The van der Waals surface area contributed by atoms with E-state index in [1.807, 2.05) is 54.9 Å². The topological polar surface area (TPSA) is 97.1 Å². The van der Waals surface area contributed by atoms with Gasteiger partial charge in [-0.25, -0.2) is 4.90 Å². The van der Waals surface area contributed by atoms with Crippen LogP contribution in [0.4, 0.5) is 14.5 Å². The minimum atomic E-state index is -2.87. The predicted octanol–water partition coefficient (Wildman–Crippen LogP) is 10.1. The number of fused-ring (bicyclic) bond motifs is 2. The summed E-state index contributed by atoms with van der Waals surface area (Å²) in [6.07, 6.45) is 4.00. The van der Waals surface area contributed by atoms with Crippen LogP contribution in [0.15, 0.2) is 66.7 Å². The lowest BCUT2D eigenvalue weighted by Crippen LogP contribution is -2.50. The summed E-state index contributed by atoms with van der Waals surface area (Å²) in [6, 6.07) is 21.6. The Morgan fingerprint density at radius 3 is 2.20 bits per heavy atom. The number of aromatic nitrogens is 1. The zero-order chi connectivity index (χ0) is 47.2. The number of carbonyl (C=O) groups excluding carboxylic acids is 2. The van der Waals surface area contributed by atoms with Crippen LogP contribution in [0.1, 0.15) is 116 Å². The SMILES string of the molecule is Cc1c(C(=O)N(c2ccc(O[Si](C(C)C)(C(C)C)C(C)C)cc2)C2CC(C#N)N(C(F)F)C2C)cc(-c2cc3c(cc2C(=O)N2Cc4ccccc4C[C@H]2CN2CCCC2)CNCC3)n1C. The van der Waals surface area contributed by atoms with E-state index >= 15 is 9.59 Å². The van der Waals surface area contributed by atoms with Crippen molar-refractivity contribution in [2.75, 3.05) is 31.1 Å². The first-order chi connectivity index (χ1) is 31.5. The Bertz CT molecular complexity index is 2440. The van der Waals surface area contributed by atoms with Crippen molar-refractivity contribution in [3.05, 3.63) is 106 Å². The molecule has 66 heavy (non-hydrogen) atoms. The summed E-state index contributed by atoms with van der Waals surface area (Å²) in [4.78, 5) is 38.0. The van der Waals surface area contributed by atoms with Crippen LogP contribution in [0.2, 0.25) is 16.6 Å². The van der Waals surface area contributed by atoms with Crippen molar-refractivity contribution in [2.24, 2.45) is 7.05 Å². The fourth-order valence-electron chi connectivity index (χ4n) is 12.1. The molecule has 3 aromatic carbocycles. The third kappa shape index (κ3) is 8.75. The van der Waals surface area contributed by atoms with Gasteiger partial charge in [0.2, 0.25) is 0 Å². The quantitative estimate of drug-likeness (QED) is 0.105. The van der Waals surface area contributed by atoms with E-state index in [4.69, 9.17) is 4.43 Å². The van der Waals surface area contributed by atoms with Crippen molar-refractivity contribution in [2.45, 2.75) is 148 Å². The van der Waals surface area contributed by atoms with Crippen molar-refractivity contribution in [1.29, 1.82) is 5.26 Å². The number of benzene rings is 3. The van der Waals surface area contributed by atoms with Crippen LogP contribution >= 0.6 is 0 Å². The first kappa shape index (κ1) is 47.6. The molecular weight excluding hydrogens is 849 g/mol. The highest BCUT2D eigenvalue weighted by molar-refractivity contribution is 6.78. The Hall–Kier alpha value is -4.87. The van der Waals surface area contributed by atoms with Crippen molar-refractivity contribution in [3.63, 3.8) is 0 Å². The lowest BCUT2D eigenvalue weighted by Gasteiger charge is -2.42. The summed E-state index contributed by atoms with van der Waals surface area (Å²) in [5.41, 5.74) is 9.52. The number of nitrogens with zero attached hydrogens (tertiary/aromatic N) is 6. The zero-order valence-corrected chi connectivity index (χ0v) is 41.4. The Morgan fingerprint density at radius 2 is 1.58 bits per heavy atom. The fourth-order valence-corrected chi connectivity index (χ4v) is 17.4. The molecule has 1 aromatic heterocycles. The number of hydrogen-bond donors (Lipinski definition) is 1. The third-order valence-corrected chi connectivity index (χ3v) is 21.7. The molecule has 0 bridgehead atoms. The lowest BCUT2D eigenvalue weighted by atomic mass is 9.89. The van der Waals surface area contributed by atoms with Gasteiger partial charge in [-0.2, -0.15) is 14.0 Å². The van der Waals surface area contributed by atoms with Gasteiger partial charge >= 0.3 is 0 Å². The monoisotopic (exact) mass is 918 g/mol. The minimum Gasteiger partial charge on any atom is -0.543 e. The van der Waals surface area contributed by atoms with Gasteiger partial charge in [-0.15, -0.1) is 0 Å². The van der Waals surface area contributed by atoms with Crippen LogP contribution in [0.3, 0.4) is 0 Å². The largest absolute Gasteiger partial charge is 0.543 e. The molecule has 0 aliphatic carbocycles. The van der Waals surface area contributed by atoms with E-state index in [2.05, 4.69) is 93.1 Å². The highest BCUT2D eigenvalue weighted by Crippen LogP contribution is 2.44. The second kappa shape index (κ2) is 19.4. The van der Waals surface area contributed by atoms with Crippen molar-refractivity contribution in [1.82, 2.24) is 24.6 Å². The van der Waals surface area contributed by atoms with Crippen LogP contribution in [0, 0.1) is 18.3 Å². The maximum atomic E-state index is 15.5. The van der Waals surface area contributed by atoms with Crippen LogP contribution in [0.25, 0.3) is 11.3 Å². The maximum Gasteiger partial charge on any atom is 0.296 e. The van der Waals surface area contributed by atoms with E-state index in [0.29, 0.717) is 52.2 Å². The first-order valence-electron chi connectivity index (χ1n) is 24.3. The number of rotatable bonds is 13. The van der Waals surface area contributed by atoms with Crippen LogP contribution < -0.4 is 14.6 Å². The van der Waals surface area contributed by atoms with Gasteiger partial charge in [0.1, 0.15) is 11.8 Å². The van der Waals surface area contributed by atoms with Crippen molar-refractivity contribution in [3.8, 4) is 23.1 Å². The molecule has 3 unspecified atom stereocenters. The highest BCUT2D eigenvalue weighted by Gasteiger charge is 2.49. The number of hydrogen-bond acceptors (Lipinski definition) is 7. The zero-order valence-electron chi connectivity index (χ0n) is 40.4. The number of anilines is 1. The number of nitriles is 1. The maximum absolute atomic E-state index is 15.5. The van der Waals surface area contributed by atoms with E-state index in [-0.39, 0.29) is 24.3 Å². The number of alkyl halides is 2. The minimum absolute atomic E-state index is 0.00321. The van der Waals surface area contributed by atoms with Gasteiger partial charge < -0.3 is 29.0 Å². The van der Waals surface area contributed by atoms with Gasteiger partial charge in [0.25, 0.3) is 26.7 Å². The van der Waals surface area contributed by atoms with Crippen LogP contribution in [-0.4, -0.2) is 96.3 Å². The lowest BCUT2D eigenvalue weighted by molar-refractivity contribution is -0.0453. The number of carbonyl (C=O) groups is 2. The molecule has 13 heteroatoms. The van der Waals surface area contributed by atoms with Gasteiger partial charge in [-0.1, -0.05) is 65.8 Å². The summed E-state index contributed by atoms with van der Waals surface area (Å²) in [6.45, 7) is 19.0. The Balaban J connectivity index is 1.21. The molecule has 2 fully saturated rings. The summed E-state index contributed by atoms with van der Waals surface area (Å²) < 4.78 is 38.3. The number of halogens is 2. The average molecular weight is 918 g/mol. The molecule has 5 heterocycles. The smallest absolute Gasteiger partial charge is 0.296 e. The van der Waals surface area contributed by atoms with Crippen LogP contribution in [0.5, 0.6) is 5.75 Å².